The molecule has 4 rings (SSSR count). The predicted octanol–water partition coefficient (Wildman–Crippen LogP) is 2.75. The minimum Gasteiger partial charge on any atom is -0.399 e. The Morgan fingerprint density at radius 1 is 0.923 bits per heavy atom. The molecule has 134 valence electrons. The lowest BCUT2D eigenvalue weighted by Crippen LogP contribution is -2.41. The first kappa shape index (κ1) is 17.2. The van der Waals surface area contributed by atoms with Crippen LogP contribution in [0.15, 0.2) is 30.3 Å². The Bertz CT molecular complexity index is 912. The lowest BCUT2D eigenvalue weighted by Gasteiger charge is -2.32. The third-order valence-corrected chi connectivity index (χ3v) is 5.85. The van der Waals surface area contributed by atoms with E-state index in [2.05, 4.69) is 0 Å². The van der Waals surface area contributed by atoms with Crippen LogP contribution in [0.25, 0.3) is 10.8 Å². The molecule has 0 saturated carbocycles. The van der Waals surface area contributed by atoms with Gasteiger partial charge in [0, 0.05) is 23.1 Å². The minimum atomic E-state index is -0.543. The van der Waals surface area contributed by atoms with E-state index in [9.17, 15) is 9.59 Å². The van der Waals surface area contributed by atoms with Gasteiger partial charge < -0.3 is 9.31 Å². The number of benzene rings is 2. The topological polar surface area (TPSA) is 55.8 Å². The molecule has 2 aromatic carbocycles. The van der Waals surface area contributed by atoms with Crippen LogP contribution in [0.3, 0.4) is 0 Å². The maximum absolute atomic E-state index is 12.7. The quantitative estimate of drug-likeness (QED) is 0.617. The van der Waals surface area contributed by atoms with Crippen molar-refractivity contribution >= 4 is 35.2 Å². The van der Waals surface area contributed by atoms with Crippen molar-refractivity contribution in [3.8, 4) is 0 Å². The first-order valence-corrected chi connectivity index (χ1v) is 8.95. The van der Waals surface area contributed by atoms with Crippen LogP contribution in [0.1, 0.15) is 55.3 Å². The van der Waals surface area contributed by atoms with E-state index in [1.165, 1.54) is 4.90 Å². The standard InChI is InChI=1S/C20H22BNO4/c1-6-22-17(23)13-9-7-8-12-15(11-10-14(16(12)13)18(22)24)21-25-19(2,3)20(4,5)26-21/h7-11H,6H2,1-5H3. The van der Waals surface area contributed by atoms with Crippen molar-refractivity contribution < 1.29 is 18.9 Å². The molecule has 0 bridgehead atoms. The Kier molecular flexibility index (Phi) is 3.59. The van der Waals surface area contributed by atoms with Gasteiger partial charge in [0.25, 0.3) is 11.8 Å². The Morgan fingerprint density at radius 3 is 2.08 bits per heavy atom. The molecule has 0 aromatic heterocycles. The van der Waals surface area contributed by atoms with Crippen LogP contribution in [0.5, 0.6) is 0 Å². The van der Waals surface area contributed by atoms with Gasteiger partial charge in [-0.1, -0.05) is 18.2 Å². The fourth-order valence-electron chi connectivity index (χ4n) is 3.63. The summed E-state index contributed by atoms with van der Waals surface area (Å²) in [5.74, 6) is -0.497. The maximum Gasteiger partial charge on any atom is 0.495 e. The summed E-state index contributed by atoms with van der Waals surface area (Å²) in [4.78, 5) is 26.7. The molecule has 1 fully saturated rings. The zero-order valence-electron chi connectivity index (χ0n) is 15.8. The van der Waals surface area contributed by atoms with Gasteiger partial charge in [-0.05, 0) is 57.6 Å². The van der Waals surface area contributed by atoms with Gasteiger partial charge in [-0.2, -0.15) is 0 Å². The number of nitrogens with zero attached hydrogens (tertiary/aromatic N) is 1. The van der Waals surface area contributed by atoms with Crippen LogP contribution in [0, 0.1) is 0 Å². The highest BCUT2D eigenvalue weighted by molar-refractivity contribution is 6.65. The summed E-state index contributed by atoms with van der Waals surface area (Å²) in [6, 6.07) is 9.20. The maximum atomic E-state index is 12.7. The SMILES string of the molecule is CCN1C(=O)c2cccc3c(B4OC(C)(C)C(C)(C)O4)ccc(c23)C1=O. The second-order valence-electron chi connectivity index (χ2n) is 7.87. The molecule has 6 heteroatoms. The zero-order valence-corrected chi connectivity index (χ0v) is 15.8. The highest BCUT2D eigenvalue weighted by Crippen LogP contribution is 2.38. The first-order valence-electron chi connectivity index (χ1n) is 8.95. The van der Waals surface area contributed by atoms with E-state index in [-0.39, 0.29) is 11.8 Å². The normalized spacial score (nSPS) is 21.0. The molecule has 1 saturated heterocycles. The molecular formula is C20H22BNO4. The van der Waals surface area contributed by atoms with Gasteiger partial charge in [0.2, 0.25) is 0 Å². The van der Waals surface area contributed by atoms with Gasteiger partial charge in [0.1, 0.15) is 0 Å². The van der Waals surface area contributed by atoms with Crippen molar-refractivity contribution in [3.05, 3.63) is 41.5 Å². The molecule has 2 aromatic rings. The summed E-state index contributed by atoms with van der Waals surface area (Å²) in [5, 5.41) is 1.52. The molecule has 2 amide bonds. The summed E-state index contributed by atoms with van der Waals surface area (Å²) < 4.78 is 12.4. The van der Waals surface area contributed by atoms with Crippen molar-refractivity contribution in [3.63, 3.8) is 0 Å². The number of rotatable bonds is 2. The predicted molar refractivity (Wildman–Crippen MR) is 101 cm³/mol. The molecule has 2 heterocycles. The number of carbonyl (C=O) groups is 2. The van der Waals surface area contributed by atoms with Crippen LogP contribution in [-0.4, -0.2) is 41.6 Å². The van der Waals surface area contributed by atoms with Crippen LogP contribution < -0.4 is 5.46 Å². The van der Waals surface area contributed by atoms with Crippen LogP contribution in [0.4, 0.5) is 0 Å². The van der Waals surface area contributed by atoms with E-state index in [0.29, 0.717) is 23.1 Å². The molecule has 0 spiro atoms. The van der Waals surface area contributed by atoms with Gasteiger partial charge in [0.15, 0.2) is 0 Å². The van der Waals surface area contributed by atoms with E-state index in [1.54, 1.807) is 19.1 Å². The monoisotopic (exact) mass is 351 g/mol. The molecule has 5 nitrogen and oxygen atoms in total. The van der Waals surface area contributed by atoms with Gasteiger partial charge in [0.05, 0.1) is 11.2 Å². The summed E-state index contributed by atoms with van der Waals surface area (Å²) in [6.45, 7) is 10.2. The van der Waals surface area contributed by atoms with Crippen molar-refractivity contribution in [2.24, 2.45) is 0 Å². The van der Waals surface area contributed by atoms with Crippen molar-refractivity contribution in [2.75, 3.05) is 6.54 Å². The molecule has 26 heavy (non-hydrogen) atoms. The molecule has 2 aliphatic rings. The second kappa shape index (κ2) is 5.41. The number of carbonyl (C=O) groups excluding carboxylic acids is 2. The van der Waals surface area contributed by atoms with Crippen molar-refractivity contribution in [1.29, 1.82) is 0 Å². The fourth-order valence-corrected chi connectivity index (χ4v) is 3.63. The summed E-state index contributed by atoms with van der Waals surface area (Å²) in [5.41, 5.74) is 1.04. The van der Waals surface area contributed by atoms with E-state index in [4.69, 9.17) is 9.31 Å². The Morgan fingerprint density at radius 2 is 1.50 bits per heavy atom. The molecule has 0 unspecified atom stereocenters. The lowest BCUT2D eigenvalue weighted by molar-refractivity contribution is 0.00578. The third-order valence-electron chi connectivity index (χ3n) is 5.85. The van der Waals surface area contributed by atoms with Crippen LogP contribution in [0.2, 0.25) is 0 Å². The molecule has 0 atom stereocenters. The number of amides is 2. The van der Waals surface area contributed by atoms with Crippen LogP contribution >= 0.6 is 0 Å². The van der Waals surface area contributed by atoms with Gasteiger partial charge in [-0.3, -0.25) is 14.5 Å². The third kappa shape index (κ3) is 2.18. The largest absolute Gasteiger partial charge is 0.495 e. The average molecular weight is 351 g/mol. The van der Waals surface area contributed by atoms with Gasteiger partial charge in [-0.15, -0.1) is 0 Å². The second-order valence-corrected chi connectivity index (χ2v) is 7.87. The van der Waals surface area contributed by atoms with E-state index >= 15 is 0 Å². The van der Waals surface area contributed by atoms with Crippen LogP contribution in [-0.2, 0) is 9.31 Å². The van der Waals surface area contributed by atoms with E-state index in [1.807, 2.05) is 45.9 Å². The van der Waals surface area contributed by atoms with Crippen molar-refractivity contribution in [1.82, 2.24) is 4.90 Å². The minimum absolute atomic E-state index is 0.248. The Balaban J connectivity index is 1.92. The van der Waals surface area contributed by atoms with E-state index < -0.39 is 18.3 Å². The highest BCUT2D eigenvalue weighted by atomic mass is 16.7. The average Bonchev–Trinajstić information content (AvgIpc) is 2.80. The number of hydrogen-bond acceptors (Lipinski definition) is 4. The molecular weight excluding hydrogens is 329 g/mol. The van der Waals surface area contributed by atoms with E-state index in [0.717, 1.165) is 10.8 Å². The molecule has 0 N–H and O–H groups in total. The Labute approximate surface area is 153 Å². The molecule has 0 radical (unpaired) electrons. The summed E-state index contributed by atoms with van der Waals surface area (Å²) >= 11 is 0. The van der Waals surface area contributed by atoms with Gasteiger partial charge in [-0.25, -0.2) is 0 Å². The van der Waals surface area contributed by atoms with Crippen molar-refractivity contribution in [2.45, 2.75) is 45.8 Å². The summed E-state index contributed by atoms with van der Waals surface area (Å²) in [7, 11) is -0.543. The smallest absolute Gasteiger partial charge is 0.399 e. The number of hydrogen-bond donors (Lipinski definition) is 0. The zero-order chi connectivity index (χ0) is 18.9. The summed E-state index contributed by atoms with van der Waals surface area (Å²) in [6.07, 6.45) is 0. The molecule has 0 aliphatic carbocycles. The first-order chi connectivity index (χ1) is 12.2. The number of imide groups is 1. The van der Waals surface area contributed by atoms with Gasteiger partial charge >= 0.3 is 7.12 Å². The highest BCUT2D eigenvalue weighted by Gasteiger charge is 2.52. The Hall–Kier alpha value is -2.18. The lowest BCUT2D eigenvalue weighted by atomic mass is 9.74. The fraction of sp³-hybridized carbons (Fsp3) is 0.400. The molecule has 2 aliphatic heterocycles.